The van der Waals surface area contributed by atoms with Gasteiger partial charge >= 0.3 is 11.9 Å². The molecule has 9 heteroatoms. The molecule has 1 saturated heterocycles. The number of nitro benzene ring substituents is 1. The molecular weight excluding hydrogens is 414 g/mol. The topological polar surface area (TPSA) is 109 Å². The zero-order chi connectivity index (χ0) is 21.3. The quantitative estimate of drug-likeness (QED) is 0.196. The van der Waals surface area contributed by atoms with Crippen LogP contribution in [0.1, 0.15) is 17.6 Å². The number of hydrogen-bond acceptors (Lipinski definition) is 7. The summed E-state index contributed by atoms with van der Waals surface area (Å²) in [5.74, 6) is -1.44. The maximum absolute atomic E-state index is 12.3. The van der Waals surface area contributed by atoms with Crippen LogP contribution in [0.25, 0.3) is 17.4 Å². The average Bonchev–Trinajstić information content (AvgIpc) is 3.19. The van der Waals surface area contributed by atoms with Crippen LogP contribution in [-0.4, -0.2) is 16.9 Å². The van der Waals surface area contributed by atoms with E-state index in [1.54, 1.807) is 30.3 Å². The summed E-state index contributed by atoms with van der Waals surface area (Å²) in [6, 6.07) is 15.6. The Kier molecular flexibility index (Phi) is 5.07. The first kappa shape index (κ1) is 19.4. The highest BCUT2D eigenvalue weighted by Gasteiger charge is 2.34. The number of nitro groups is 1. The molecule has 0 amide bonds. The van der Waals surface area contributed by atoms with Gasteiger partial charge in [0, 0.05) is 22.7 Å². The number of esters is 2. The van der Waals surface area contributed by atoms with Crippen molar-refractivity contribution >= 4 is 35.3 Å². The standard InChI is InChI=1S/C21H12ClNO7/c22-13-6-8-15(17(10-13)23(26)27)18-9-7-14(28-18)11-16-19(24)29-21(30-20(16)25)12-4-2-1-3-5-12/h1-11,21H. The molecule has 1 fully saturated rings. The number of carbonyl (C=O) groups is 2. The van der Waals surface area contributed by atoms with Crippen molar-refractivity contribution in [3.8, 4) is 11.3 Å². The molecule has 1 aliphatic rings. The molecule has 0 unspecified atom stereocenters. The lowest BCUT2D eigenvalue weighted by Gasteiger charge is -2.23. The summed E-state index contributed by atoms with van der Waals surface area (Å²) in [5, 5.41) is 11.5. The fraction of sp³-hybridized carbons (Fsp3) is 0.0476. The fourth-order valence-electron chi connectivity index (χ4n) is 2.87. The van der Waals surface area contributed by atoms with Gasteiger partial charge in [-0.05, 0) is 24.3 Å². The molecule has 30 heavy (non-hydrogen) atoms. The smallest absolute Gasteiger partial charge is 0.349 e. The molecule has 8 nitrogen and oxygen atoms in total. The van der Waals surface area contributed by atoms with Crippen LogP contribution < -0.4 is 0 Å². The number of benzene rings is 2. The number of hydrogen-bond donors (Lipinski definition) is 0. The molecule has 0 bridgehead atoms. The van der Waals surface area contributed by atoms with E-state index >= 15 is 0 Å². The van der Waals surface area contributed by atoms with Gasteiger partial charge in [0.25, 0.3) is 12.0 Å². The second-order valence-corrected chi connectivity index (χ2v) is 6.67. The highest BCUT2D eigenvalue weighted by atomic mass is 35.5. The highest BCUT2D eigenvalue weighted by molar-refractivity contribution is 6.31. The summed E-state index contributed by atoms with van der Waals surface area (Å²) in [7, 11) is 0. The van der Waals surface area contributed by atoms with Crippen molar-refractivity contribution in [2.45, 2.75) is 6.29 Å². The van der Waals surface area contributed by atoms with Crippen LogP contribution in [0.3, 0.4) is 0 Å². The molecule has 0 saturated carbocycles. The highest BCUT2D eigenvalue weighted by Crippen LogP contribution is 2.34. The first-order valence-corrected chi connectivity index (χ1v) is 9.03. The van der Waals surface area contributed by atoms with Crippen LogP contribution in [0.2, 0.25) is 5.02 Å². The van der Waals surface area contributed by atoms with E-state index in [4.69, 9.17) is 25.5 Å². The molecule has 3 aromatic rings. The molecule has 0 spiro atoms. The molecule has 2 heterocycles. The third-order valence-electron chi connectivity index (χ3n) is 4.28. The lowest BCUT2D eigenvalue weighted by Crippen LogP contribution is -2.29. The Morgan fingerprint density at radius 1 is 0.967 bits per heavy atom. The van der Waals surface area contributed by atoms with Crippen molar-refractivity contribution < 1.29 is 28.4 Å². The Morgan fingerprint density at radius 3 is 2.33 bits per heavy atom. The summed E-state index contributed by atoms with van der Waals surface area (Å²) in [6.45, 7) is 0. The number of ether oxygens (including phenoxy) is 2. The molecule has 4 rings (SSSR count). The molecular formula is C21H12ClNO7. The zero-order valence-electron chi connectivity index (χ0n) is 15.1. The van der Waals surface area contributed by atoms with Crippen molar-refractivity contribution in [1.29, 1.82) is 0 Å². The van der Waals surface area contributed by atoms with Crippen LogP contribution in [0.15, 0.2) is 70.7 Å². The maximum Gasteiger partial charge on any atom is 0.349 e. The van der Waals surface area contributed by atoms with E-state index in [1.807, 2.05) is 0 Å². The minimum absolute atomic E-state index is 0.122. The predicted octanol–water partition coefficient (Wildman–Crippen LogP) is 4.69. The second-order valence-electron chi connectivity index (χ2n) is 6.23. The Labute approximate surface area is 174 Å². The summed E-state index contributed by atoms with van der Waals surface area (Å²) < 4.78 is 15.9. The summed E-state index contributed by atoms with van der Waals surface area (Å²) in [5.41, 5.74) is 0.132. The largest absolute Gasteiger partial charge is 0.456 e. The van der Waals surface area contributed by atoms with Crippen molar-refractivity contribution in [3.05, 3.63) is 92.7 Å². The fourth-order valence-corrected chi connectivity index (χ4v) is 3.04. The minimum Gasteiger partial charge on any atom is -0.456 e. The maximum atomic E-state index is 12.3. The molecule has 150 valence electrons. The molecule has 0 atom stereocenters. The van der Waals surface area contributed by atoms with Gasteiger partial charge in [-0.2, -0.15) is 0 Å². The van der Waals surface area contributed by atoms with E-state index in [9.17, 15) is 19.7 Å². The van der Waals surface area contributed by atoms with Crippen molar-refractivity contribution in [1.82, 2.24) is 0 Å². The van der Waals surface area contributed by atoms with Gasteiger partial charge in [-0.1, -0.05) is 41.9 Å². The van der Waals surface area contributed by atoms with Crippen molar-refractivity contribution in [2.24, 2.45) is 0 Å². The van der Waals surface area contributed by atoms with Crippen LogP contribution in [-0.2, 0) is 19.1 Å². The van der Waals surface area contributed by atoms with Crippen LogP contribution in [0, 0.1) is 10.1 Å². The van der Waals surface area contributed by atoms with E-state index < -0.39 is 23.2 Å². The molecule has 0 radical (unpaired) electrons. The second kappa shape index (κ2) is 7.84. The number of nitrogens with zero attached hydrogens (tertiary/aromatic N) is 1. The zero-order valence-corrected chi connectivity index (χ0v) is 15.9. The van der Waals surface area contributed by atoms with E-state index in [0.29, 0.717) is 5.56 Å². The molecule has 1 aromatic heterocycles. The number of rotatable bonds is 4. The normalized spacial score (nSPS) is 16.0. The predicted molar refractivity (Wildman–Crippen MR) is 105 cm³/mol. The number of cyclic esters (lactones) is 2. The van der Waals surface area contributed by atoms with Gasteiger partial charge in [-0.15, -0.1) is 0 Å². The van der Waals surface area contributed by atoms with E-state index in [-0.39, 0.29) is 33.4 Å². The third kappa shape index (κ3) is 3.81. The number of halogens is 1. The molecule has 1 aliphatic heterocycles. The van der Waals surface area contributed by atoms with E-state index in [0.717, 1.165) is 6.08 Å². The Hall–Kier alpha value is -3.91. The van der Waals surface area contributed by atoms with Gasteiger partial charge in [0.15, 0.2) is 0 Å². The van der Waals surface area contributed by atoms with Gasteiger partial charge in [0.05, 0.1) is 10.5 Å². The first-order valence-electron chi connectivity index (χ1n) is 8.65. The van der Waals surface area contributed by atoms with Gasteiger partial charge in [-0.25, -0.2) is 9.59 Å². The van der Waals surface area contributed by atoms with Gasteiger partial charge < -0.3 is 13.9 Å². The van der Waals surface area contributed by atoms with Crippen LogP contribution >= 0.6 is 11.6 Å². The van der Waals surface area contributed by atoms with E-state index in [1.165, 1.54) is 30.3 Å². The summed E-state index contributed by atoms with van der Waals surface area (Å²) >= 11 is 5.82. The monoisotopic (exact) mass is 425 g/mol. The van der Waals surface area contributed by atoms with E-state index in [2.05, 4.69) is 0 Å². The third-order valence-corrected chi connectivity index (χ3v) is 4.51. The van der Waals surface area contributed by atoms with Gasteiger partial charge in [0.2, 0.25) is 0 Å². The lowest BCUT2D eigenvalue weighted by atomic mass is 10.1. The molecule has 0 N–H and O–H groups in total. The summed E-state index contributed by atoms with van der Waals surface area (Å²) in [6.07, 6.45) is 0.0316. The van der Waals surface area contributed by atoms with Crippen LogP contribution in [0.4, 0.5) is 5.69 Å². The van der Waals surface area contributed by atoms with Gasteiger partial charge in [-0.3, -0.25) is 10.1 Å². The number of carbonyl (C=O) groups excluding carboxylic acids is 2. The minimum atomic E-state index is -1.13. The number of furan rings is 1. The van der Waals surface area contributed by atoms with Crippen molar-refractivity contribution in [2.75, 3.05) is 0 Å². The van der Waals surface area contributed by atoms with Gasteiger partial charge in [0.1, 0.15) is 17.1 Å². The Bertz CT molecular complexity index is 1160. The molecule has 0 aliphatic carbocycles. The van der Waals surface area contributed by atoms with Crippen molar-refractivity contribution in [3.63, 3.8) is 0 Å². The van der Waals surface area contributed by atoms with Crippen LogP contribution in [0.5, 0.6) is 0 Å². The summed E-state index contributed by atoms with van der Waals surface area (Å²) in [4.78, 5) is 35.3. The Balaban J connectivity index is 1.60. The molecule has 2 aromatic carbocycles. The first-order chi connectivity index (χ1) is 14.4. The average molecular weight is 426 g/mol. The Morgan fingerprint density at radius 2 is 1.67 bits per heavy atom. The lowest BCUT2D eigenvalue weighted by molar-refractivity contribution is -0.384. The SMILES string of the molecule is O=C1OC(c2ccccc2)OC(=O)C1=Cc1ccc(-c2ccc(Cl)cc2[N+](=O)[O-])o1.